The number of fused-ring (bicyclic) bond motifs is 1. The predicted molar refractivity (Wildman–Crippen MR) is 97.1 cm³/mol. The summed E-state index contributed by atoms with van der Waals surface area (Å²) in [7, 11) is 1.27. The van der Waals surface area contributed by atoms with Crippen LogP contribution >= 0.6 is 23.1 Å². The number of carbonyl (C=O) groups is 1. The molecule has 0 amide bonds. The average Bonchev–Trinajstić information content (AvgIpc) is 3.14. The number of thiazole rings is 1. The Balaban J connectivity index is 2.08. The fourth-order valence-electron chi connectivity index (χ4n) is 2.66. The molecule has 142 valence electrons. The highest BCUT2D eigenvalue weighted by Gasteiger charge is 2.42. The molecule has 1 aliphatic rings. The van der Waals surface area contributed by atoms with Crippen molar-refractivity contribution < 1.29 is 19.4 Å². The molecule has 0 aliphatic carbocycles. The molecule has 4 N–H and O–H groups in total. The van der Waals surface area contributed by atoms with Gasteiger partial charge in [-0.3, -0.25) is 23.9 Å². The first-order chi connectivity index (χ1) is 12.3. The van der Waals surface area contributed by atoms with Crippen LogP contribution in [-0.2, 0) is 14.3 Å². The van der Waals surface area contributed by atoms with Crippen molar-refractivity contribution in [2.45, 2.75) is 42.8 Å². The number of ether oxygens (including phenoxy) is 2. The minimum absolute atomic E-state index is 0.0266. The van der Waals surface area contributed by atoms with E-state index in [9.17, 15) is 19.5 Å². The largest absolute Gasteiger partial charge is 0.469 e. The molecule has 10 nitrogen and oxygen atoms in total. The van der Waals surface area contributed by atoms with E-state index in [-0.39, 0.29) is 22.7 Å². The fraction of sp³-hybridized carbons (Fsp3) is 0.571. The van der Waals surface area contributed by atoms with Crippen molar-refractivity contribution in [2.24, 2.45) is 0 Å². The summed E-state index contributed by atoms with van der Waals surface area (Å²) in [6.45, 7) is 1.80. The number of hydrogen-bond acceptors (Lipinski definition) is 10. The number of methoxy groups -OCH3 is 1. The second-order valence-electron chi connectivity index (χ2n) is 5.67. The number of thioether (sulfide) groups is 1. The molecule has 0 radical (unpaired) electrons. The van der Waals surface area contributed by atoms with Crippen molar-refractivity contribution in [1.82, 2.24) is 14.5 Å². The number of anilines is 1. The number of aromatic nitrogens is 3. The molecule has 4 atom stereocenters. The number of nitrogen functional groups attached to an aromatic ring is 1. The lowest BCUT2D eigenvalue weighted by Crippen LogP contribution is -2.29. The zero-order valence-corrected chi connectivity index (χ0v) is 15.6. The van der Waals surface area contributed by atoms with E-state index in [2.05, 4.69) is 9.97 Å². The highest BCUT2D eigenvalue weighted by molar-refractivity contribution is 8.00. The average molecular weight is 402 g/mol. The molecule has 26 heavy (non-hydrogen) atoms. The van der Waals surface area contributed by atoms with Gasteiger partial charge >= 0.3 is 10.8 Å². The molecule has 2 aromatic heterocycles. The molecule has 12 heteroatoms. The molecular weight excluding hydrogens is 384 g/mol. The first-order valence-electron chi connectivity index (χ1n) is 7.82. The Morgan fingerprint density at radius 3 is 2.92 bits per heavy atom. The Hall–Kier alpha value is -1.89. The molecule has 1 fully saturated rings. The van der Waals surface area contributed by atoms with Gasteiger partial charge in [0.25, 0.3) is 5.56 Å². The van der Waals surface area contributed by atoms with Crippen molar-refractivity contribution in [3.05, 3.63) is 20.0 Å². The molecule has 0 bridgehead atoms. The predicted octanol–water partition coefficient (Wildman–Crippen LogP) is 0.0192. The normalized spacial score (nSPS) is 24.0. The molecule has 3 rings (SSSR count). The number of rotatable bonds is 5. The molecule has 2 unspecified atom stereocenters. The minimum Gasteiger partial charge on any atom is -0.469 e. The van der Waals surface area contributed by atoms with Gasteiger partial charge in [0.1, 0.15) is 10.1 Å². The van der Waals surface area contributed by atoms with Gasteiger partial charge in [-0.15, -0.1) is 11.8 Å². The number of aromatic amines is 1. The van der Waals surface area contributed by atoms with E-state index < -0.39 is 39.4 Å². The van der Waals surface area contributed by atoms with E-state index in [1.807, 2.05) is 0 Å². The molecule has 2 aromatic rings. The highest BCUT2D eigenvalue weighted by Crippen LogP contribution is 2.43. The van der Waals surface area contributed by atoms with Crippen molar-refractivity contribution >= 4 is 45.4 Å². The number of esters is 1. The molecule has 0 spiro atoms. The SMILES string of the molecule is CCC(O)C1O[C@@H](n2c(=O)sc3c(=O)[nH]c(N)nc32)[C@H](CC(=O)OC)S1. The quantitative estimate of drug-likeness (QED) is 0.588. The van der Waals surface area contributed by atoms with Gasteiger partial charge in [-0.2, -0.15) is 4.98 Å². The maximum Gasteiger partial charge on any atom is 0.311 e. The number of nitrogens with two attached hydrogens (primary N) is 1. The Labute approximate surface area is 155 Å². The summed E-state index contributed by atoms with van der Waals surface area (Å²) < 4.78 is 11.9. The third-order valence-corrected chi connectivity index (χ3v) is 6.36. The van der Waals surface area contributed by atoms with Crippen molar-refractivity contribution in [1.29, 1.82) is 0 Å². The van der Waals surface area contributed by atoms with Gasteiger partial charge in [-0.05, 0) is 6.42 Å². The van der Waals surface area contributed by atoms with Crippen LogP contribution in [0.5, 0.6) is 0 Å². The summed E-state index contributed by atoms with van der Waals surface area (Å²) in [5, 5.41) is 9.62. The maximum absolute atomic E-state index is 12.5. The molecule has 0 aromatic carbocycles. The lowest BCUT2D eigenvalue weighted by atomic mass is 10.2. The van der Waals surface area contributed by atoms with Crippen LogP contribution < -0.4 is 16.2 Å². The summed E-state index contributed by atoms with van der Waals surface area (Å²) in [6, 6.07) is 0. The van der Waals surface area contributed by atoms with E-state index in [0.29, 0.717) is 6.42 Å². The van der Waals surface area contributed by atoms with E-state index in [4.69, 9.17) is 15.2 Å². The van der Waals surface area contributed by atoms with E-state index >= 15 is 0 Å². The molecular formula is C14H18N4O6S2. The Morgan fingerprint density at radius 2 is 2.27 bits per heavy atom. The lowest BCUT2D eigenvalue weighted by Gasteiger charge is -2.18. The first-order valence-corrected chi connectivity index (χ1v) is 9.58. The number of nitrogens with one attached hydrogen (secondary N) is 1. The van der Waals surface area contributed by atoms with Gasteiger partial charge in [-0.1, -0.05) is 18.3 Å². The van der Waals surface area contributed by atoms with Gasteiger partial charge in [0.05, 0.1) is 24.9 Å². The zero-order chi connectivity index (χ0) is 19.0. The second kappa shape index (κ2) is 7.39. The van der Waals surface area contributed by atoms with Gasteiger partial charge in [0, 0.05) is 0 Å². The molecule has 3 heterocycles. The third kappa shape index (κ3) is 3.37. The number of nitrogens with zero attached hydrogens (tertiary/aromatic N) is 2. The van der Waals surface area contributed by atoms with Crippen LogP contribution in [0.25, 0.3) is 10.3 Å². The van der Waals surface area contributed by atoms with Crippen molar-refractivity contribution in [3.8, 4) is 0 Å². The Kier molecular flexibility index (Phi) is 5.37. The van der Waals surface area contributed by atoms with Crippen molar-refractivity contribution in [2.75, 3.05) is 12.8 Å². The summed E-state index contributed by atoms with van der Waals surface area (Å²) in [4.78, 5) is 42.2. The monoisotopic (exact) mass is 402 g/mol. The number of hydrogen-bond donors (Lipinski definition) is 3. The highest BCUT2D eigenvalue weighted by atomic mass is 32.2. The Bertz CT molecular complexity index is 938. The molecule has 1 aliphatic heterocycles. The van der Waals surface area contributed by atoms with E-state index in [1.165, 1.54) is 23.4 Å². The summed E-state index contributed by atoms with van der Waals surface area (Å²) in [5.74, 6) is -0.602. The van der Waals surface area contributed by atoms with Gasteiger partial charge < -0.3 is 20.3 Å². The summed E-state index contributed by atoms with van der Waals surface area (Å²) >= 11 is 1.97. The summed E-state index contributed by atoms with van der Waals surface area (Å²) in [6.07, 6.45) is -1.24. The Morgan fingerprint density at radius 1 is 1.54 bits per heavy atom. The van der Waals surface area contributed by atoms with Crippen LogP contribution in [0.4, 0.5) is 5.95 Å². The smallest absolute Gasteiger partial charge is 0.311 e. The topological polar surface area (TPSA) is 150 Å². The van der Waals surface area contributed by atoms with Crippen LogP contribution in [0.1, 0.15) is 26.0 Å². The first kappa shape index (κ1) is 18.9. The standard InChI is InChI=1S/C14H18N4O6S2/c1-3-5(19)12-24-11(6(25-12)4-7(20)23-2)18-9-8(26-14(18)22)10(21)17-13(15)16-9/h5-6,11-12,19H,3-4H2,1-2H3,(H3,15,16,17,21)/t5?,6-,11+,12?/m0/s1. The number of H-pyrrole nitrogens is 1. The molecule has 1 saturated heterocycles. The van der Waals surface area contributed by atoms with Crippen LogP contribution in [-0.4, -0.2) is 49.5 Å². The number of aliphatic hydroxyl groups is 1. The van der Waals surface area contributed by atoms with Gasteiger partial charge in [-0.25, -0.2) is 0 Å². The second-order valence-corrected chi connectivity index (χ2v) is 7.97. The third-order valence-electron chi connectivity index (χ3n) is 3.97. The van der Waals surface area contributed by atoms with Crippen LogP contribution in [0.15, 0.2) is 9.59 Å². The van der Waals surface area contributed by atoms with Gasteiger partial charge in [0.15, 0.2) is 11.9 Å². The number of aliphatic hydroxyl groups excluding tert-OH is 1. The zero-order valence-electron chi connectivity index (χ0n) is 14.0. The maximum atomic E-state index is 12.5. The van der Waals surface area contributed by atoms with Crippen molar-refractivity contribution in [3.63, 3.8) is 0 Å². The van der Waals surface area contributed by atoms with Crippen LogP contribution in [0.3, 0.4) is 0 Å². The lowest BCUT2D eigenvalue weighted by molar-refractivity contribution is -0.141. The van der Waals surface area contributed by atoms with Crippen LogP contribution in [0.2, 0.25) is 0 Å². The van der Waals surface area contributed by atoms with E-state index in [0.717, 1.165) is 11.3 Å². The van der Waals surface area contributed by atoms with E-state index in [1.54, 1.807) is 6.92 Å². The fourth-order valence-corrected chi connectivity index (χ4v) is 4.96. The van der Waals surface area contributed by atoms with Crippen LogP contribution in [0, 0.1) is 0 Å². The number of carbonyl (C=O) groups excluding carboxylic acids is 1. The van der Waals surface area contributed by atoms with Gasteiger partial charge in [0.2, 0.25) is 5.95 Å². The minimum atomic E-state index is -0.889. The molecule has 0 saturated carbocycles. The summed E-state index contributed by atoms with van der Waals surface area (Å²) in [5.41, 5.74) is 4.55.